The Bertz CT molecular complexity index is 851. The third-order valence-corrected chi connectivity index (χ3v) is 4.99. The van der Waals surface area contributed by atoms with Crippen LogP contribution >= 0.6 is 11.6 Å². The molecule has 0 aliphatic carbocycles. The molecule has 0 bridgehead atoms. The van der Waals surface area contributed by atoms with Crippen LogP contribution in [0.5, 0.6) is 0 Å². The molecule has 24 heavy (non-hydrogen) atoms. The molecule has 1 aliphatic rings. The molecule has 1 aliphatic heterocycles. The smallest absolute Gasteiger partial charge is 0.257 e. The van der Waals surface area contributed by atoms with Crippen LogP contribution in [0.2, 0.25) is 5.02 Å². The second kappa shape index (κ2) is 7.00. The first-order chi connectivity index (χ1) is 11.2. The Hall–Kier alpha value is -1.77. The van der Waals surface area contributed by atoms with Crippen molar-refractivity contribution in [2.24, 2.45) is 0 Å². The minimum atomic E-state index is 0. The monoisotopic (exact) mass is 358 g/mol. The van der Waals surface area contributed by atoms with Crippen molar-refractivity contribution in [3.63, 3.8) is 0 Å². The second-order valence-corrected chi connectivity index (χ2v) is 6.68. The van der Waals surface area contributed by atoms with Crippen molar-refractivity contribution >= 4 is 11.6 Å². The molecule has 0 unspecified atom stereocenters. The molecule has 0 radical (unpaired) electrons. The number of nitrogens with zero attached hydrogens (tertiary/aromatic N) is 2. The largest absolute Gasteiger partial charge is 1.00 e. The van der Waals surface area contributed by atoms with Crippen LogP contribution in [-0.4, -0.2) is 4.57 Å². The SMILES string of the molecule is Cc1ccccc1C[n+]1cc(-c2ccc(Cl)cc2)n2c1CCC2.[Cl-]. The van der Waals surface area contributed by atoms with E-state index in [1.54, 1.807) is 0 Å². The van der Waals surface area contributed by atoms with Gasteiger partial charge in [-0.25, -0.2) is 9.13 Å². The minimum absolute atomic E-state index is 0. The summed E-state index contributed by atoms with van der Waals surface area (Å²) < 4.78 is 4.88. The molecular formula is C20H20Cl2N2. The van der Waals surface area contributed by atoms with Gasteiger partial charge >= 0.3 is 0 Å². The van der Waals surface area contributed by atoms with Gasteiger partial charge in [-0.1, -0.05) is 35.9 Å². The van der Waals surface area contributed by atoms with Gasteiger partial charge in [-0.3, -0.25) is 0 Å². The Morgan fingerprint density at radius 2 is 1.83 bits per heavy atom. The van der Waals surface area contributed by atoms with Crippen LogP contribution in [0.4, 0.5) is 0 Å². The number of hydrogen-bond acceptors (Lipinski definition) is 0. The molecule has 0 atom stereocenters. The number of imidazole rings is 1. The summed E-state index contributed by atoms with van der Waals surface area (Å²) in [7, 11) is 0. The van der Waals surface area contributed by atoms with Crippen molar-refractivity contribution in [2.75, 3.05) is 0 Å². The van der Waals surface area contributed by atoms with Crippen molar-refractivity contribution in [1.82, 2.24) is 4.57 Å². The molecule has 2 aromatic carbocycles. The summed E-state index contributed by atoms with van der Waals surface area (Å²) in [5.41, 5.74) is 5.27. The highest BCUT2D eigenvalue weighted by atomic mass is 35.5. The van der Waals surface area contributed by atoms with E-state index in [0.29, 0.717) is 0 Å². The van der Waals surface area contributed by atoms with Crippen LogP contribution < -0.4 is 17.0 Å². The zero-order valence-corrected chi connectivity index (χ0v) is 15.2. The molecule has 4 heteroatoms. The Kier molecular flexibility index (Phi) is 4.98. The maximum atomic E-state index is 6.03. The lowest BCUT2D eigenvalue weighted by molar-refractivity contribution is -0.694. The van der Waals surface area contributed by atoms with Crippen LogP contribution in [0, 0.1) is 6.92 Å². The first kappa shape index (κ1) is 17.1. The third kappa shape index (κ3) is 3.09. The third-order valence-electron chi connectivity index (χ3n) is 4.74. The molecule has 0 saturated carbocycles. The minimum Gasteiger partial charge on any atom is -1.00 e. The summed E-state index contributed by atoms with van der Waals surface area (Å²) in [6.07, 6.45) is 4.67. The van der Waals surface area contributed by atoms with E-state index in [1.807, 2.05) is 12.1 Å². The van der Waals surface area contributed by atoms with Crippen LogP contribution in [-0.2, 0) is 19.5 Å². The Morgan fingerprint density at radius 3 is 2.58 bits per heavy atom. The van der Waals surface area contributed by atoms with Crippen LogP contribution in [0.1, 0.15) is 23.4 Å². The fourth-order valence-electron chi connectivity index (χ4n) is 3.47. The number of fused-ring (bicyclic) bond motifs is 1. The first-order valence-corrected chi connectivity index (χ1v) is 8.52. The summed E-state index contributed by atoms with van der Waals surface area (Å²) in [5, 5.41) is 0.787. The van der Waals surface area contributed by atoms with Crippen molar-refractivity contribution in [3.05, 3.63) is 76.7 Å². The number of aromatic nitrogens is 2. The number of rotatable bonds is 3. The van der Waals surface area contributed by atoms with Gasteiger partial charge in [0.15, 0.2) is 5.69 Å². The van der Waals surface area contributed by atoms with Gasteiger partial charge in [-0.15, -0.1) is 0 Å². The number of hydrogen-bond donors (Lipinski definition) is 0. The standard InChI is InChI=1S/C20H20ClN2.ClH/c1-15-5-2-3-6-17(15)13-22-14-19(23-12-4-7-20(22)23)16-8-10-18(21)11-9-16;/h2-3,5-6,8-11,14H,4,7,12-13H2,1H3;1H/q+1;/p-1. The van der Waals surface area contributed by atoms with E-state index in [1.165, 1.54) is 34.6 Å². The molecule has 0 fully saturated rings. The van der Waals surface area contributed by atoms with E-state index >= 15 is 0 Å². The quantitative estimate of drug-likeness (QED) is 0.626. The van der Waals surface area contributed by atoms with E-state index < -0.39 is 0 Å². The maximum absolute atomic E-state index is 6.03. The molecular weight excluding hydrogens is 339 g/mol. The normalized spacial score (nSPS) is 12.8. The highest BCUT2D eigenvalue weighted by Crippen LogP contribution is 2.26. The van der Waals surface area contributed by atoms with Gasteiger partial charge in [0, 0.05) is 10.6 Å². The van der Waals surface area contributed by atoms with Crippen molar-refractivity contribution in [3.8, 4) is 11.3 Å². The fourth-order valence-corrected chi connectivity index (χ4v) is 3.59. The van der Waals surface area contributed by atoms with Crippen molar-refractivity contribution in [1.29, 1.82) is 0 Å². The first-order valence-electron chi connectivity index (χ1n) is 8.14. The van der Waals surface area contributed by atoms with Gasteiger partial charge in [0.25, 0.3) is 5.82 Å². The second-order valence-electron chi connectivity index (χ2n) is 6.25. The average Bonchev–Trinajstić information content (AvgIpc) is 3.14. The Balaban J connectivity index is 0.00000169. The van der Waals surface area contributed by atoms with Crippen LogP contribution in [0.3, 0.4) is 0 Å². The predicted octanol–water partition coefficient (Wildman–Crippen LogP) is 1.40. The summed E-state index contributed by atoms with van der Waals surface area (Å²) in [6.45, 7) is 4.23. The lowest BCUT2D eigenvalue weighted by atomic mass is 10.1. The molecule has 0 saturated heterocycles. The van der Waals surface area contributed by atoms with Gasteiger partial charge in [-0.2, -0.15) is 0 Å². The lowest BCUT2D eigenvalue weighted by Gasteiger charge is -2.03. The molecule has 0 amide bonds. The molecule has 1 aromatic heterocycles. The molecule has 2 nitrogen and oxygen atoms in total. The molecule has 2 heterocycles. The molecule has 0 N–H and O–H groups in total. The fraction of sp³-hybridized carbons (Fsp3) is 0.250. The van der Waals surface area contributed by atoms with E-state index in [4.69, 9.17) is 11.6 Å². The van der Waals surface area contributed by atoms with Gasteiger partial charge in [-0.05, 0) is 48.7 Å². The highest BCUT2D eigenvalue weighted by molar-refractivity contribution is 6.30. The highest BCUT2D eigenvalue weighted by Gasteiger charge is 2.28. The van der Waals surface area contributed by atoms with Crippen molar-refractivity contribution < 1.29 is 17.0 Å². The van der Waals surface area contributed by atoms with Crippen LogP contribution in [0.25, 0.3) is 11.3 Å². The van der Waals surface area contributed by atoms with Gasteiger partial charge in [0.1, 0.15) is 12.7 Å². The van der Waals surface area contributed by atoms with E-state index in [9.17, 15) is 0 Å². The summed E-state index contributed by atoms with van der Waals surface area (Å²) in [6, 6.07) is 16.8. The van der Waals surface area contributed by atoms with E-state index in [-0.39, 0.29) is 12.4 Å². The maximum Gasteiger partial charge on any atom is 0.257 e. The molecule has 0 spiro atoms. The zero-order valence-electron chi connectivity index (χ0n) is 13.7. The van der Waals surface area contributed by atoms with Gasteiger partial charge in [0.05, 0.1) is 13.0 Å². The lowest BCUT2D eigenvalue weighted by Crippen LogP contribution is -3.00. The summed E-state index contributed by atoms with van der Waals surface area (Å²) >= 11 is 6.03. The van der Waals surface area contributed by atoms with E-state index in [2.05, 4.69) is 58.7 Å². The molecule has 4 rings (SSSR count). The predicted molar refractivity (Wildman–Crippen MR) is 93.7 cm³/mol. The number of benzene rings is 2. The topological polar surface area (TPSA) is 8.81 Å². The average molecular weight is 359 g/mol. The summed E-state index contributed by atoms with van der Waals surface area (Å²) in [5.74, 6) is 1.43. The summed E-state index contributed by atoms with van der Waals surface area (Å²) in [4.78, 5) is 0. The number of halogens is 2. The Morgan fingerprint density at radius 1 is 1.08 bits per heavy atom. The molecule has 124 valence electrons. The van der Waals surface area contributed by atoms with E-state index in [0.717, 1.165) is 24.5 Å². The van der Waals surface area contributed by atoms with Gasteiger partial charge in [0.2, 0.25) is 0 Å². The Labute approximate surface area is 154 Å². The zero-order chi connectivity index (χ0) is 15.8. The van der Waals surface area contributed by atoms with Crippen LogP contribution in [0.15, 0.2) is 54.7 Å². The number of aryl methyl sites for hydroxylation is 1. The van der Waals surface area contributed by atoms with Crippen molar-refractivity contribution in [2.45, 2.75) is 32.9 Å². The van der Waals surface area contributed by atoms with Gasteiger partial charge < -0.3 is 12.4 Å². The molecule has 3 aromatic rings.